The zero-order chi connectivity index (χ0) is 11.5. The van der Waals surface area contributed by atoms with Crippen LogP contribution in [0.1, 0.15) is 10.5 Å². The van der Waals surface area contributed by atoms with Gasteiger partial charge in [-0.25, -0.2) is 0 Å². The molecule has 0 fully saturated rings. The van der Waals surface area contributed by atoms with Crippen LogP contribution in [0.3, 0.4) is 0 Å². The van der Waals surface area contributed by atoms with Crippen LogP contribution in [0.25, 0.3) is 0 Å². The van der Waals surface area contributed by atoms with Crippen LogP contribution in [0.5, 0.6) is 5.75 Å². The smallest absolute Gasteiger partial charge is 0.280 e. The number of nitrogens with one attached hydrogen (secondary N) is 2. The molecule has 16 heavy (non-hydrogen) atoms. The van der Waals surface area contributed by atoms with E-state index in [2.05, 4.69) is 20.7 Å². The van der Waals surface area contributed by atoms with E-state index in [1.165, 1.54) is 12.1 Å². The Hall–Kier alpha value is -2.57. The summed E-state index contributed by atoms with van der Waals surface area (Å²) in [6.07, 6.45) is 0. The molecule has 1 amide bonds. The number of nitrogens with two attached hydrogens (primary N) is 1. The molecule has 0 radical (unpaired) electrons. The van der Waals surface area contributed by atoms with Gasteiger partial charge in [0.05, 0.1) is 0 Å². The molecule has 0 aliphatic rings. The van der Waals surface area contributed by atoms with Crippen molar-refractivity contribution in [2.45, 2.75) is 0 Å². The van der Waals surface area contributed by atoms with E-state index in [9.17, 15) is 4.79 Å². The van der Waals surface area contributed by atoms with Crippen LogP contribution in [0.4, 0.5) is 11.5 Å². The summed E-state index contributed by atoms with van der Waals surface area (Å²) in [6.45, 7) is 0. The molecule has 2 aromatic rings. The first-order valence-corrected chi connectivity index (χ1v) is 4.43. The van der Waals surface area contributed by atoms with Gasteiger partial charge in [-0.05, 0) is 24.3 Å². The van der Waals surface area contributed by atoms with Crippen LogP contribution in [-0.2, 0) is 0 Å². The number of H-pyrrole nitrogens is 1. The number of aromatic amines is 1. The quantitative estimate of drug-likeness (QED) is 0.543. The summed E-state index contributed by atoms with van der Waals surface area (Å²) in [7, 11) is 0. The summed E-state index contributed by atoms with van der Waals surface area (Å²) in [5, 5.41) is 21.0. The van der Waals surface area contributed by atoms with E-state index in [0.717, 1.165) is 0 Å². The van der Waals surface area contributed by atoms with Gasteiger partial charge in [-0.1, -0.05) is 0 Å². The minimum absolute atomic E-state index is 0.0353. The molecule has 0 saturated heterocycles. The Morgan fingerprint density at radius 2 is 2.00 bits per heavy atom. The number of amides is 1. The molecular weight excluding hydrogens is 210 g/mol. The van der Waals surface area contributed by atoms with E-state index >= 15 is 0 Å². The fourth-order valence-electron chi connectivity index (χ4n) is 1.14. The summed E-state index contributed by atoms with van der Waals surface area (Å²) in [5.74, 6) is -0.299. The first-order valence-electron chi connectivity index (χ1n) is 4.43. The summed E-state index contributed by atoms with van der Waals surface area (Å²) < 4.78 is 0. The SMILES string of the molecule is Nc1n[nH]nc1C(=O)Nc1ccc(O)cc1. The third-order valence-electron chi connectivity index (χ3n) is 1.92. The highest BCUT2D eigenvalue weighted by Crippen LogP contribution is 2.15. The molecule has 0 aliphatic carbocycles. The third kappa shape index (κ3) is 1.92. The Balaban J connectivity index is 2.14. The van der Waals surface area contributed by atoms with Gasteiger partial charge in [-0.3, -0.25) is 4.79 Å². The minimum Gasteiger partial charge on any atom is -0.508 e. The van der Waals surface area contributed by atoms with Crippen molar-refractivity contribution in [1.82, 2.24) is 15.4 Å². The number of carbonyl (C=O) groups is 1. The molecule has 7 heteroatoms. The van der Waals surface area contributed by atoms with E-state index in [1.807, 2.05) is 0 Å². The summed E-state index contributed by atoms with van der Waals surface area (Å²) in [5.41, 5.74) is 5.98. The average molecular weight is 219 g/mol. The van der Waals surface area contributed by atoms with Crippen LogP contribution in [0.2, 0.25) is 0 Å². The van der Waals surface area contributed by atoms with Gasteiger partial charge in [-0.15, -0.1) is 10.2 Å². The van der Waals surface area contributed by atoms with Crippen molar-refractivity contribution in [3.63, 3.8) is 0 Å². The number of hydrogen-bond acceptors (Lipinski definition) is 5. The molecule has 5 N–H and O–H groups in total. The van der Waals surface area contributed by atoms with Gasteiger partial charge in [0.1, 0.15) is 5.75 Å². The molecule has 2 rings (SSSR count). The zero-order valence-corrected chi connectivity index (χ0v) is 8.14. The molecule has 0 aliphatic heterocycles. The first kappa shape index (κ1) is 9.97. The maximum atomic E-state index is 11.6. The lowest BCUT2D eigenvalue weighted by Gasteiger charge is -2.02. The van der Waals surface area contributed by atoms with Crippen LogP contribution < -0.4 is 11.1 Å². The van der Waals surface area contributed by atoms with Crippen molar-refractivity contribution >= 4 is 17.4 Å². The molecule has 82 valence electrons. The average Bonchev–Trinajstić information content (AvgIpc) is 2.68. The minimum atomic E-state index is -0.461. The normalized spacial score (nSPS) is 10.0. The van der Waals surface area contributed by atoms with Crippen molar-refractivity contribution in [3.05, 3.63) is 30.0 Å². The van der Waals surface area contributed by atoms with E-state index < -0.39 is 5.91 Å². The number of phenolic OH excluding ortho intramolecular Hbond substituents is 1. The molecule has 1 aromatic heterocycles. The monoisotopic (exact) mass is 219 g/mol. The fraction of sp³-hybridized carbons (Fsp3) is 0. The molecule has 0 saturated carbocycles. The number of aromatic hydroxyl groups is 1. The molecule has 0 spiro atoms. The maximum Gasteiger partial charge on any atom is 0.280 e. The van der Waals surface area contributed by atoms with Gasteiger partial charge < -0.3 is 16.2 Å². The molecule has 0 unspecified atom stereocenters. The fourth-order valence-corrected chi connectivity index (χ4v) is 1.14. The predicted molar refractivity (Wildman–Crippen MR) is 56.9 cm³/mol. The van der Waals surface area contributed by atoms with Crippen LogP contribution >= 0.6 is 0 Å². The highest BCUT2D eigenvalue weighted by Gasteiger charge is 2.13. The van der Waals surface area contributed by atoms with Crippen LogP contribution in [0, 0.1) is 0 Å². The zero-order valence-electron chi connectivity index (χ0n) is 8.14. The van der Waals surface area contributed by atoms with Crippen LogP contribution in [-0.4, -0.2) is 26.4 Å². The van der Waals surface area contributed by atoms with Gasteiger partial charge in [0, 0.05) is 5.69 Å². The number of phenols is 1. The number of aromatic nitrogens is 3. The summed E-state index contributed by atoms with van der Waals surface area (Å²) in [6, 6.07) is 6.04. The second-order valence-electron chi connectivity index (χ2n) is 3.06. The Morgan fingerprint density at radius 1 is 1.31 bits per heavy atom. The Kier molecular flexibility index (Phi) is 2.42. The largest absolute Gasteiger partial charge is 0.508 e. The standard InChI is InChI=1S/C9H9N5O2/c10-8-7(12-14-13-8)9(16)11-5-1-3-6(15)4-2-5/h1-4,15H,(H,11,16)(H3,10,12,13,14). The van der Waals surface area contributed by atoms with E-state index in [1.54, 1.807) is 12.1 Å². The van der Waals surface area contributed by atoms with Gasteiger partial charge in [0.25, 0.3) is 5.91 Å². The lowest BCUT2D eigenvalue weighted by Crippen LogP contribution is -2.14. The number of anilines is 2. The van der Waals surface area contributed by atoms with Gasteiger partial charge >= 0.3 is 0 Å². The highest BCUT2D eigenvalue weighted by atomic mass is 16.3. The van der Waals surface area contributed by atoms with Crippen molar-refractivity contribution in [2.24, 2.45) is 0 Å². The molecule has 0 atom stereocenters. The number of hydrogen-bond donors (Lipinski definition) is 4. The van der Waals surface area contributed by atoms with E-state index in [0.29, 0.717) is 5.69 Å². The Morgan fingerprint density at radius 3 is 2.56 bits per heavy atom. The Labute approximate surface area is 90.3 Å². The lowest BCUT2D eigenvalue weighted by molar-refractivity contribution is 0.102. The van der Waals surface area contributed by atoms with Crippen molar-refractivity contribution in [2.75, 3.05) is 11.1 Å². The number of nitrogen functional groups attached to an aromatic ring is 1. The summed E-state index contributed by atoms with van der Waals surface area (Å²) in [4.78, 5) is 11.6. The maximum absolute atomic E-state index is 11.6. The van der Waals surface area contributed by atoms with Gasteiger partial charge in [0.15, 0.2) is 11.5 Å². The lowest BCUT2D eigenvalue weighted by atomic mass is 10.3. The van der Waals surface area contributed by atoms with Crippen molar-refractivity contribution in [1.29, 1.82) is 0 Å². The number of nitrogens with zero attached hydrogens (tertiary/aromatic N) is 2. The molecule has 0 bridgehead atoms. The molecule has 7 nitrogen and oxygen atoms in total. The number of rotatable bonds is 2. The number of carbonyl (C=O) groups excluding carboxylic acids is 1. The summed E-state index contributed by atoms with van der Waals surface area (Å²) >= 11 is 0. The third-order valence-corrected chi connectivity index (χ3v) is 1.92. The second kappa shape index (κ2) is 3.89. The molecule has 1 aromatic carbocycles. The highest BCUT2D eigenvalue weighted by molar-refractivity contribution is 6.05. The number of benzene rings is 1. The van der Waals surface area contributed by atoms with E-state index in [-0.39, 0.29) is 17.3 Å². The van der Waals surface area contributed by atoms with Crippen molar-refractivity contribution < 1.29 is 9.90 Å². The van der Waals surface area contributed by atoms with Crippen LogP contribution in [0.15, 0.2) is 24.3 Å². The van der Waals surface area contributed by atoms with Gasteiger partial charge in [0.2, 0.25) is 0 Å². The topological polar surface area (TPSA) is 117 Å². The Bertz CT molecular complexity index is 505. The van der Waals surface area contributed by atoms with Crippen molar-refractivity contribution in [3.8, 4) is 5.75 Å². The second-order valence-corrected chi connectivity index (χ2v) is 3.06. The molecular formula is C9H9N5O2. The predicted octanol–water partition coefficient (Wildman–Crippen LogP) is 0.345. The first-order chi connectivity index (χ1) is 7.66. The molecule has 1 heterocycles. The van der Waals surface area contributed by atoms with E-state index in [4.69, 9.17) is 10.8 Å². The van der Waals surface area contributed by atoms with Gasteiger partial charge in [-0.2, -0.15) is 5.21 Å².